The van der Waals surface area contributed by atoms with Crippen LogP contribution in [0.5, 0.6) is 23.0 Å². The summed E-state index contributed by atoms with van der Waals surface area (Å²) in [6.45, 7) is 3.69. The van der Waals surface area contributed by atoms with E-state index in [1.54, 1.807) is 60.7 Å². The van der Waals surface area contributed by atoms with Crippen LogP contribution in [0.2, 0.25) is 0 Å². The summed E-state index contributed by atoms with van der Waals surface area (Å²) in [6, 6.07) is 8.28. The second kappa shape index (κ2) is 18.3. The molecule has 81 heavy (non-hydrogen) atoms. The smallest absolute Gasteiger partial charge is 0.262 e. The van der Waals surface area contributed by atoms with Gasteiger partial charge in [-0.15, -0.1) is 0 Å². The van der Waals surface area contributed by atoms with E-state index < -0.39 is 153 Å². The number of ether oxygens (including phenoxy) is 2. The van der Waals surface area contributed by atoms with Crippen molar-refractivity contribution in [1.29, 1.82) is 0 Å². The minimum atomic E-state index is -1.93. The Kier molecular flexibility index (Phi) is 11.9. The molecule has 2 heterocycles. The number of aromatic amines is 1. The van der Waals surface area contributed by atoms with Gasteiger partial charge >= 0.3 is 0 Å². The van der Waals surface area contributed by atoms with E-state index in [0.29, 0.717) is 33.3 Å². The number of aliphatic hydroxyl groups excluding tert-OH is 4. The third-order valence-corrected chi connectivity index (χ3v) is 16.1. The van der Waals surface area contributed by atoms with Gasteiger partial charge in [0.05, 0.1) is 66.7 Å². The van der Waals surface area contributed by atoms with E-state index in [1.165, 1.54) is 11.6 Å². The lowest BCUT2D eigenvalue weighted by molar-refractivity contribution is 0.361. The summed E-state index contributed by atoms with van der Waals surface area (Å²) in [7, 11) is 3.79. The molecule has 20 heteroatoms. The fraction of sp³-hybridized carbons (Fsp3) is 0.180. The molecule has 4 aromatic rings. The Balaban J connectivity index is 0.000000170. The summed E-state index contributed by atoms with van der Waals surface area (Å²) in [6.07, 6.45) is 14.4. The molecule has 0 amide bonds. The number of nitrogens with one attached hydrogen (secondary N) is 1. The number of aromatic nitrogens is 2. The van der Waals surface area contributed by atoms with Crippen LogP contribution in [0.3, 0.4) is 0 Å². The monoisotopic (exact) mass is 1090 g/mol. The van der Waals surface area contributed by atoms with Crippen molar-refractivity contribution < 1.29 is 40.1 Å². The highest BCUT2D eigenvalue weighted by atomic mass is 16.5. The average Bonchev–Trinajstić information content (AvgIpc) is 4.35. The average molecular weight is 1090 g/mol. The summed E-state index contributed by atoms with van der Waals surface area (Å²) >= 11 is 0. The van der Waals surface area contributed by atoms with Gasteiger partial charge in [0, 0.05) is 41.7 Å². The second-order valence-corrected chi connectivity index (χ2v) is 20.0. The number of phenolic OH excluding ortho intramolecular Hbond substituents is 2. The van der Waals surface area contributed by atoms with Gasteiger partial charge < -0.3 is 49.7 Å². The molecule has 0 aliphatic heterocycles. The quantitative estimate of drug-likeness (QED) is 0.110. The van der Waals surface area contributed by atoms with Gasteiger partial charge in [0.25, 0.3) is 11.1 Å². The number of hydrogen-bond donors (Lipinski definition) is 7. The van der Waals surface area contributed by atoms with Gasteiger partial charge in [-0.1, -0.05) is 48.6 Å². The number of fused-ring (bicyclic) bond motifs is 8. The molecule has 0 saturated carbocycles. The number of hydrogen-bond acceptors (Lipinski definition) is 18. The molecule has 0 saturated heterocycles. The summed E-state index contributed by atoms with van der Waals surface area (Å²) < 4.78 is 11.1. The minimum Gasteiger partial charge on any atom is -0.510 e. The molecule has 2 unspecified atom stereocenters. The molecule has 0 fully saturated rings. The normalized spacial score (nSPS) is 18.1. The zero-order valence-electron chi connectivity index (χ0n) is 43.4. The molecule has 20 nitrogen and oxygen atoms in total. The first-order valence-corrected chi connectivity index (χ1v) is 25.1. The predicted molar refractivity (Wildman–Crippen MR) is 299 cm³/mol. The predicted octanol–water partition coefficient (Wildman–Crippen LogP) is 0.216. The van der Waals surface area contributed by atoms with Gasteiger partial charge in [-0.2, -0.15) is 0 Å². The molecule has 8 aliphatic rings. The number of aryl methyl sites for hydroxylation is 2. The summed E-state index contributed by atoms with van der Waals surface area (Å²) in [5.41, 5.74) is -11.4. The SMILES string of the molecule is C/C=C/C=C/c1cc2cc3c(c(O)c2c(=O)[nH]1)C1(CC3)C(O)=c2c(=O)c3c(=O)cc(OC)c(=O)c=3c(=O)c2=C1O.C/C=C/C=C/c1cc2cc3c(c(O)c2c(=O)n1C)C1(CC3)C(O)=c2c(=O)c3c(=O)cc(OC)c(=O)c=3c(=O)c2=C1O. The highest BCUT2D eigenvalue weighted by Crippen LogP contribution is 2.55. The first-order valence-electron chi connectivity index (χ1n) is 25.1. The number of aromatic hydroxyl groups is 2. The van der Waals surface area contributed by atoms with Crippen LogP contribution in [-0.4, -0.2) is 54.4 Å². The number of nitrogens with zero attached hydrogens (tertiary/aromatic N) is 1. The zero-order valence-corrected chi connectivity index (χ0v) is 43.4. The third kappa shape index (κ3) is 6.82. The van der Waals surface area contributed by atoms with Gasteiger partial charge in [0.2, 0.25) is 32.6 Å². The Hall–Kier alpha value is -10.5. The molecule has 406 valence electrons. The van der Waals surface area contributed by atoms with Crippen LogP contribution in [-0.2, 0) is 30.7 Å². The van der Waals surface area contributed by atoms with Crippen molar-refractivity contribution in [3.05, 3.63) is 251 Å². The Labute approximate surface area is 450 Å². The van der Waals surface area contributed by atoms with Crippen molar-refractivity contribution in [2.45, 2.75) is 50.4 Å². The van der Waals surface area contributed by atoms with Crippen molar-refractivity contribution >= 4 is 56.7 Å². The number of rotatable bonds is 6. The standard InChI is InChI=1S/C31H23NO9.C30H21NO9/c1-4-5-6-7-15-11-14-10-13-8-9-31(23(13)27(37)18(14)30(40)32(15)2)28(38)21-22(29(31)39)26(36)20-19(25(21)35)16(33)12-17(41-3)24(20)34;1-3-4-5-6-14-10-13-9-12-7-8-30(22(12)26(36)17(13)29(39)31-14)27(37)20-21(28(30)38)25(35)19-18(24(20)34)15(32)11-16(40-2)23(19)33/h4-7,10-12,37-39H,8-9H2,1-3H3;3-6,9-11,36-38H,7-8H2,1-2H3,(H,31,39)/b5-4+,7-6+;4-3+,6-5+. The van der Waals surface area contributed by atoms with Crippen LogP contribution < -0.4 is 84.9 Å². The molecule has 0 bridgehead atoms. The number of aliphatic hydroxyl groups is 4. The van der Waals surface area contributed by atoms with Crippen molar-refractivity contribution in [2.75, 3.05) is 14.2 Å². The Morgan fingerprint density at radius 1 is 0.494 bits per heavy atom. The van der Waals surface area contributed by atoms with E-state index in [4.69, 9.17) is 9.47 Å². The third-order valence-electron chi connectivity index (χ3n) is 16.1. The molecule has 0 radical (unpaired) electrons. The van der Waals surface area contributed by atoms with Gasteiger partial charge in [0.15, 0.2) is 22.4 Å². The van der Waals surface area contributed by atoms with Crippen molar-refractivity contribution in [3.63, 3.8) is 0 Å². The lowest BCUT2D eigenvalue weighted by atomic mass is 9.78. The number of allylic oxidation sites excluding steroid dienone is 6. The molecule has 12 rings (SSSR count). The number of phenols is 2. The number of methoxy groups -OCH3 is 2. The highest BCUT2D eigenvalue weighted by Gasteiger charge is 2.54. The number of H-pyrrole nitrogens is 1. The van der Waals surface area contributed by atoms with E-state index >= 15 is 0 Å². The van der Waals surface area contributed by atoms with Crippen LogP contribution >= 0.6 is 0 Å². The van der Waals surface area contributed by atoms with Gasteiger partial charge in [-0.05, 0) is 85.7 Å². The van der Waals surface area contributed by atoms with Crippen LogP contribution in [0.25, 0.3) is 56.7 Å². The fourth-order valence-corrected chi connectivity index (χ4v) is 12.5. The van der Waals surface area contributed by atoms with E-state index in [1.807, 2.05) is 26.0 Å². The first kappa shape index (κ1) is 52.5. The molecule has 2 spiro atoms. The second-order valence-electron chi connectivity index (χ2n) is 20.0. The molecular weight excluding hydrogens is 1050 g/mol. The largest absolute Gasteiger partial charge is 0.510 e. The van der Waals surface area contributed by atoms with Gasteiger partial charge in [-0.25, -0.2) is 0 Å². The summed E-state index contributed by atoms with van der Waals surface area (Å²) in [4.78, 5) is 135. The topological polar surface area (TPSA) is 331 Å². The molecule has 2 aromatic carbocycles. The highest BCUT2D eigenvalue weighted by molar-refractivity contribution is 5.96. The van der Waals surface area contributed by atoms with Crippen LogP contribution in [0.4, 0.5) is 0 Å². The molecular formula is C61H44N2O18. The Morgan fingerprint density at radius 2 is 0.901 bits per heavy atom. The minimum absolute atomic E-state index is 0.0179. The Morgan fingerprint density at radius 3 is 1.33 bits per heavy atom. The van der Waals surface area contributed by atoms with Gasteiger partial charge in [0.1, 0.15) is 45.4 Å². The fourth-order valence-electron chi connectivity index (χ4n) is 12.5. The first-order chi connectivity index (χ1) is 38.6. The van der Waals surface area contributed by atoms with E-state index in [0.717, 1.165) is 26.4 Å². The number of pyridine rings is 2. The maximum atomic E-state index is 13.6. The number of benzene rings is 2. The Bertz CT molecular complexity index is 5440. The zero-order chi connectivity index (χ0) is 58.2. The van der Waals surface area contributed by atoms with E-state index in [2.05, 4.69) is 4.98 Å². The van der Waals surface area contributed by atoms with E-state index in [-0.39, 0.29) is 47.6 Å². The van der Waals surface area contributed by atoms with Gasteiger partial charge in [-0.3, -0.25) is 47.9 Å². The van der Waals surface area contributed by atoms with Crippen LogP contribution in [0, 0.1) is 20.9 Å². The summed E-state index contributed by atoms with van der Waals surface area (Å²) in [5, 5.41) is 64.3. The molecule has 8 aliphatic carbocycles. The van der Waals surface area contributed by atoms with Crippen molar-refractivity contribution in [2.24, 2.45) is 7.05 Å². The molecule has 7 N–H and O–H groups in total. The maximum Gasteiger partial charge on any atom is 0.262 e. The van der Waals surface area contributed by atoms with Crippen LogP contribution in [0.1, 0.15) is 60.3 Å². The lowest BCUT2D eigenvalue weighted by Gasteiger charge is -2.27. The van der Waals surface area contributed by atoms with Crippen molar-refractivity contribution in [3.8, 4) is 23.0 Å². The molecule has 2 aromatic heterocycles. The van der Waals surface area contributed by atoms with Crippen LogP contribution in [0.15, 0.2) is 121 Å². The van der Waals surface area contributed by atoms with Crippen molar-refractivity contribution in [1.82, 2.24) is 9.55 Å². The molecule has 2 atom stereocenters. The lowest BCUT2D eigenvalue weighted by Crippen LogP contribution is -2.51. The van der Waals surface area contributed by atoms with E-state index in [9.17, 15) is 78.6 Å². The maximum absolute atomic E-state index is 13.6. The summed E-state index contributed by atoms with van der Waals surface area (Å²) in [5.74, 6) is -4.86.